The van der Waals surface area contributed by atoms with E-state index in [9.17, 15) is 4.79 Å². The Kier molecular flexibility index (Phi) is 7.20. The van der Waals surface area contributed by atoms with Gasteiger partial charge in [-0.25, -0.2) is 4.99 Å². The number of allylic oxidation sites excluding steroid dienone is 1. The van der Waals surface area contributed by atoms with Gasteiger partial charge in [-0.3, -0.25) is 4.79 Å². The molecule has 1 atom stereocenters. The highest BCUT2D eigenvalue weighted by molar-refractivity contribution is 8.13. The van der Waals surface area contributed by atoms with Gasteiger partial charge in [0.15, 0.2) is 5.17 Å². The van der Waals surface area contributed by atoms with E-state index in [0.717, 1.165) is 27.7 Å². The number of hydrogen-bond acceptors (Lipinski definition) is 4. The number of amides is 1. The number of halogens is 2. The van der Waals surface area contributed by atoms with Gasteiger partial charge < -0.3 is 10.6 Å². The molecule has 162 valence electrons. The van der Waals surface area contributed by atoms with Crippen molar-refractivity contribution in [2.75, 3.05) is 5.32 Å². The molecule has 32 heavy (non-hydrogen) atoms. The Hall–Kier alpha value is -2.73. The topological polar surface area (TPSA) is 53.5 Å². The van der Waals surface area contributed by atoms with E-state index in [1.54, 1.807) is 6.07 Å². The minimum atomic E-state index is -0.413. The second-order valence-corrected chi connectivity index (χ2v) is 9.06. The molecule has 4 nitrogen and oxygen atoms in total. The molecule has 4 rings (SSSR count). The maximum absolute atomic E-state index is 13.2. The van der Waals surface area contributed by atoms with Crippen LogP contribution in [0.1, 0.15) is 24.1 Å². The molecule has 1 aliphatic heterocycles. The molecule has 0 aromatic heterocycles. The van der Waals surface area contributed by atoms with Crippen molar-refractivity contribution in [1.29, 1.82) is 0 Å². The minimum absolute atomic E-state index is 0.177. The van der Waals surface area contributed by atoms with E-state index in [0.29, 0.717) is 21.4 Å². The molecule has 2 N–H and O–H groups in total. The fourth-order valence-electron chi connectivity index (χ4n) is 3.40. The van der Waals surface area contributed by atoms with Crippen LogP contribution >= 0.6 is 35.0 Å². The van der Waals surface area contributed by atoms with E-state index in [-0.39, 0.29) is 5.91 Å². The Morgan fingerprint density at radius 1 is 1.03 bits per heavy atom. The minimum Gasteiger partial charge on any atom is -0.338 e. The number of aliphatic imine (C=N–C) groups is 1. The van der Waals surface area contributed by atoms with Gasteiger partial charge in [0.25, 0.3) is 5.91 Å². The zero-order valence-corrected chi connectivity index (χ0v) is 19.6. The highest BCUT2D eigenvalue weighted by Crippen LogP contribution is 2.34. The number of amidine groups is 1. The molecule has 0 bridgehead atoms. The summed E-state index contributed by atoms with van der Waals surface area (Å²) in [6, 6.07) is 24.3. The first kappa shape index (κ1) is 22.5. The largest absolute Gasteiger partial charge is 0.338 e. The Bertz CT molecular complexity index is 1180. The molecule has 0 spiro atoms. The van der Waals surface area contributed by atoms with Crippen molar-refractivity contribution in [3.63, 3.8) is 0 Å². The van der Waals surface area contributed by atoms with Gasteiger partial charge in [-0.2, -0.15) is 0 Å². The predicted molar refractivity (Wildman–Crippen MR) is 135 cm³/mol. The molecule has 0 aliphatic carbocycles. The fourth-order valence-corrected chi connectivity index (χ4v) is 4.90. The molecule has 1 heterocycles. The highest BCUT2D eigenvalue weighted by Gasteiger charge is 2.29. The molecule has 0 saturated heterocycles. The fraction of sp³-hybridized carbons (Fsp3) is 0.120. The molecular weight excluding hydrogens is 461 g/mol. The van der Waals surface area contributed by atoms with Crippen LogP contribution in [0.3, 0.4) is 0 Å². The van der Waals surface area contributed by atoms with Crippen LogP contribution in [0.5, 0.6) is 0 Å². The van der Waals surface area contributed by atoms with Gasteiger partial charge in [0.2, 0.25) is 0 Å². The van der Waals surface area contributed by atoms with Gasteiger partial charge in [-0.15, -0.1) is 0 Å². The summed E-state index contributed by atoms with van der Waals surface area (Å²) < 4.78 is 0. The van der Waals surface area contributed by atoms with E-state index in [4.69, 9.17) is 28.2 Å². The van der Waals surface area contributed by atoms with Crippen LogP contribution in [0.2, 0.25) is 10.0 Å². The first-order chi connectivity index (χ1) is 15.5. The van der Waals surface area contributed by atoms with E-state index < -0.39 is 6.04 Å². The number of rotatable bonds is 5. The molecular formula is C25H21Cl2N3OS. The molecule has 3 aromatic rings. The van der Waals surface area contributed by atoms with Crippen LogP contribution in [-0.2, 0) is 10.5 Å². The third kappa shape index (κ3) is 5.36. The van der Waals surface area contributed by atoms with Crippen molar-refractivity contribution >= 4 is 51.7 Å². The number of nitrogens with zero attached hydrogens (tertiary/aromatic N) is 1. The summed E-state index contributed by atoms with van der Waals surface area (Å²) in [7, 11) is 0. The van der Waals surface area contributed by atoms with Crippen LogP contribution in [0.4, 0.5) is 5.69 Å². The van der Waals surface area contributed by atoms with Crippen LogP contribution in [0.15, 0.2) is 95.1 Å². The van der Waals surface area contributed by atoms with Crippen LogP contribution in [0.25, 0.3) is 0 Å². The zero-order valence-electron chi connectivity index (χ0n) is 17.3. The summed E-state index contributed by atoms with van der Waals surface area (Å²) >= 11 is 13.9. The predicted octanol–water partition coefficient (Wildman–Crippen LogP) is 6.84. The summed E-state index contributed by atoms with van der Waals surface area (Å²) in [5.41, 5.74) is 4.03. The van der Waals surface area contributed by atoms with E-state index in [1.807, 2.05) is 79.7 Å². The molecule has 1 amide bonds. The Morgan fingerprint density at radius 3 is 2.41 bits per heavy atom. The van der Waals surface area contributed by atoms with Crippen molar-refractivity contribution in [2.45, 2.75) is 18.7 Å². The van der Waals surface area contributed by atoms with Crippen molar-refractivity contribution in [3.05, 3.63) is 111 Å². The number of carbonyl (C=O) groups excluding carboxylic acids is 1. The molecule has 3 aromatic carbocycles. The van der Waals surface area contributed by atoms with Gasteiger partial charge in [0, 0.05) is 27.2 Å². The van der Waals surface area contributed by atoms with Gasteiger partial charge >= 0.3 is 0 Å². The summed E-state index contributed by atoms with van der Waals surface area (Å²) in [6.45, 7) is 1.90. The SMILES string of the molecule is CC1=C(C(=O)Nc2ccccc2)[C@H](c2ccccc2)N=C(SCc2ccc(Cl)cc2Cl)N1. The molecule has 7 heteroatoms. The number of anilines is 1. The monoisotopic (exact) mass is 481 g/mol. The van der Waals surface area contributed by atoms with Gasteiger partial charge in [-0.05, 0) is 42.3 Å². The van der Waals surface area contributed by atoms with E-state index in [1.165, 1.54) is 11.8 Å². The lowest BCUT2D eigenvalue weighted by Crippen LogP contribution is -2.32. The Balaban J connectivity index is 1.59. The lowest BCUT2D eigenvalue weighted by atomic mass is 9.96. The quantitative estimate of drug-likeness (QED) is 0.419. The van der Waals surface area contributed by atoms with E-state index in [2.05, 4.69) is 10.6 Å². The zero-order chi connectivity index (χ0) is 22.5. The summed E-state index contributed by atoms with van der Waals surface area (Å²) in [5, 5.41) is 8.24. The second kappa shape index (κ2) is 10.3. The number of hydrogen-bond donors (Lipinski definition) is 2. The molecule has 0 saturated carbocycles. The molecule has 1 aliphatic rings. The Labute approximate surface area is 201 Å². The van der Waals surface area contributed by atoms with E-state index >= 15 is 0 Å². The first-order valence-electron chi connectivity index (χ1n) is 10.0. The number of carbonyl (C=O) groups is 1. The lowest BCUT2D eigenvalue weighted by Gasteiger charge is -2.26. The number of nitrogens with one attached hydrogen (secondary N) is 2. The van der Waals surface area contributed by atoms with Gasteiger partial charge in [-0.1, -0.05) is 89.6 Å². The van der Waals surface area contributed by atoms with Crippen LogP contribution in [-0.4, -0.2) is 11.1 Å². The van der Waals surface area contributed by atoms with Gasteiger partial charge in [0.05, 0.1) is 5.57 Å². The first-order valence-corrected chi connectivity index (χ1v) is 11.8. The van der Waals surface area contributed by atoms with Crippen LogP contribution in [0, 0.1) is 0 Å². The van der Waals surface area contributed by atoms with Crippen LogP contribution < -0.4 is 10.6 Å². The Morgan fingerprint density at radius 2 is 1.72 bits per heavy atom. The third-order valence-corrected chi connectivity index (χ3v) is 6.51. The maximum atomic E-state index is 13.2. The molecule has 0 radical (unpaired) electrons. The van der Waals surface area contributed by atoms with Crippen molar-refractivity contribution in [3.8, 4) is 0 Å². The molecule has 0 fully saturated rings. The van der Waals surface area contributed by atoms with Gasteiger partial charge in [0.1, 0.15) is 6.04 Å². The van der Waals surface area contributed by atoms with Crippen molar-refractivity contribution in [2.24, 2.45) is 4.99 Å². The van der Waals surface area contributed by atoms with Crippen molar-refractivity contribution in [1.82, 2.24) is 5.32 Å². The number of benzene rings is 3. The average Bonchev–Trinajstić information content (AvgIpc) is 2.79. The third-order valence-electron chi connectivity index (χ3n) is 4.99. The van der Waals surface area contributed by atoms with Crippen molar-refractivity contribution < 1.29 is 4.79 Å². The lowest BCUT2D eigenvalue weighted by molar-refractivity contribution is -0.113. The standard InChI is InChI=1S/C25H21Cl2N3OS/c1-16-22(24(31)29-20-10-6-3-7-11-20)23(17-8-4-2-5-9-17)30-25(28-16)32-15-18-12-13-19(26)14-21(18)27/h2-14,23H,15H2,1H3,(H,28,30)(H,29,31)/t23-/m0/s1. The number of para-hydroxylation sites is 1. The normalized spacial score (nSPS) is 15.7. The summed E-state index contributed by atoms with van der Waals surface area (Å²) in [5.74, 6) is 0.450. The second-order valence-electron chi connectivity index (χ2n) is 7.26. The highest BCUT2D eigenvalue weighted by atomic mass is 35.5. The average molecular weight is 482 g/mol. The smallest absolute Gasteiger partial charge is 0.255 e. The summed E-state index contributed by atoms with van der Waals surface area (Å²) in [6.07, 6.45) is 0. The maximum Gasteiger partial charge on any atom is 0.255 e. The summed E-state index contributed by atoms with van der Waals surface area (Å²) in [4.78, 5) is 18.1. The number of thioether (sulfide) groups is 1. The molecule has 0 unspecified atom stereocenters.